The van der Waals surface area contributed by atoms with E-state index in [1.54, 1.807) is 9.80 Å². The Morgan fingerprint density at radius 1 is 1.41 bits per heavy atom. The van der Waals surface area contributed by atoms with Crippen molar-refractivity contribution >= 4 is 6.03 Å². The van der Waals surface area contributed by atoms with Gasteiger partial charge in [0.1, 0.15) is 0 Å². The fourth-order valence-corrected chi connectivity index (χ4v) is 2.14. The average molecular weight is 229 g/mol. The van der Waals surface area contributed by atoms with Gasteiger partial charge in [-0.3, -0.25) is 0 Å². The monoisotopic (exact) mass is 229 g/mol. The van der Waals surface area contributed by atoms with E-state index in [0.29, 0.717) is 19.5 Å². The van der Waals surface area contributed by atoms with E-state index in [1.165, 1.54) is 0 Å². The largest absolute Gasteiger partial charge is 0.321 e. The van der Waals surface area contributed by atoms with Crippen molar-refractivity contribution in [3.8, 4) is 6.07 Å². The van der Waals surface area contributed by atoms with E-state index in [0.717, 1.165) is 5.56 Å². The Morgan fingerprint density at radius 3 is 2.76 bits per heavy atom. The second-order valence-electron chi connectivity index (χ2n) is 4.17. The topological polar surface area (TPSA) is 47.3 Å². The first kappa shape index (κ1) is 11.5. The van der Waals surface area contributed by atoms with Gasteiger partial charge in [0, 0.05) is 20.1 Å². The van der Waals surface area contributed by atoms with Crippen molar-refractivity contribution in [2.75, 3.05) is 20.1 Å². The summed E-state index contributed by atoms with van der Waals surface area (Å²) in [6, 6.07) is 12.2. The summed E-state index contributed by atoms with van der Waals surface area (Å²) in [4.78, 5) is 15.4. The van der Waals surface area contributed by atoms with E-state index in [2.05, 4.69) is 6.07 Å². The average Bonchev–Trinajstić information content (AvgIpc) is 2.65. The SMILES string of the molecule is CN1C(=O)N(CCC#N)CC1c1ccccc1. The Kier molecular flexibility index (Phi) is 3.29. The third kappa shape index (κ3) is 2.23. The molecule has 2 amide bonds. The first-order chi connectivity index (χ1) is 8.24. The fraction of sp³-hybridized carbons (Fsp3) is 0.385. The zero-order valence-electron chi connectivity index (χ0n) is 9.84. The Hall–Kier alpha value is -2.02. The van der Waals surface area contributed by atoms with Crippen LogP contribution >= 0.6 is 0 Å². The number of benzene rings is 1. The number of amides is 2. The molecule has 0 aliphatic carbocycles. The number of nitriles is 1. The molecule has 1 aliphatic rings. The summed E-state index contributed by atoms with van der Waals surface area (Å²) in [5, 5.41) is 8.56. The van der Waals surface area contributed by atoms with E-state index in [9.17, 15) is 4.79 Å². The van der Waals surface area contributed by atoms with Crippen LogP contribution in [0.5, 0.6) is 0 Å². The van der Waals surface area contributed by atoms with Crippen molar-refractivity contribution in [3.05, 3.63) is 35.9 Å². The van der Waals surface area contributed by atoms with Crippen molar-refractivity contribution in [2.24, 2.45) is 0 Å². The van der Waals surface area contributed by atoms with Crippen molar-refractivity contribution in [2.45, 2.75) is 12.5 Å². The number of hydrogen-bond acceptors (Lipinski definition) is 2. The van der Waals surface area contributed by atoms with Gasteiger partial charge >= 0.3 is 6.03 Å². The summed E-state index contributed by atoms with van der Waals surface area (Å²) >= 11 is 0. The molecule has 4 heteroatoms. The van der Waals surface area contributed by atoms with Crippen LogP contribution in [0.2, 0.25) is 0 Å². The lowest BCUT2D eigenvalue weighted by atomic mass is 10.1. The van der Waals surface area contributed by atoms with E-state index >= 15 is 0 Å². The lowest BCUT2D eigenvalue weighted by Crippen LogP contribution is -2.30. The normalized spacial score (nSPS) is 19.5. The van der Waals surface area contributed by atoms with Crippen LogP contribution in [0.3, 0.4) is 0 Å². The highest BCUT2D eigenvalue weighted by Crippen LogP contribution is 2.27. The highest BCUT2D eigenvalue weighted by Gasteiger charge is 2.34. The fourth-order valence-electron chi connectivity index (χ4n) is 2.14. The summed E-state index contributed by atoms with van der Waals surface area (Å²) in [7, 11) is 1.81. The van der Waals surface area contributed by atoms with E-state index in [4.69, 9.17) is 5.26 Å². The predicted octanol–water partition coefficient (Wildman–Crippen LogP) is 2.01. The molecule has 4 nitrogen and oxygen atoms in total. The van der Waals surface area contributed by atoms with E-state index < -0.39 is 0 Å². The molecule has 0 N–H and O–H groups in total. The molecule has 0 spiro atoms. The van der Waals surface area contributed by atoms with E-state index in [-0.39, 0.29) is 12.1 Å². The Morgan fingerprint density at radius 2 is 2.12 bits per heavy atom. The zero-order chi connectivity index (χ0) is 12.3. The molecule has 1 unspecified atom stereocenters. The molecule has 0 aromatic heterocycles. The molecular weight excluding hydrogens is 214 g/mol. The van der Waals surface area contributed by atoms with Gasteiger partial charge in [-0.15, -0.1) is 0 Å². The Bertz CT molecular complexity index is 438. The van der Waals surface area contributed by atoms with Gasteiger partial charge in [0.05, 0.1) is 18.5 Å². The summed E-state index contributed by atoms with van der Waals surface area (Å²) in [5.74, 6) is 0. The van der Waals surface area contributed by atoms with Crippen LogP contribution in [0.1, 0.15) is 18.0 Å². The molecule has 1 atom stereocenters. The molecule has 1 aromatic carbocycles. The minimum atomic E-state index is 0.00843. The minimum Gasteiger partial charge on any atom is -0.321 e. The standard InChI is InChI=1S/C13H15N3O/c1-15-12(11-6-3-2-4-7-11)10-16(13(15)17)9-5-8-14/h2-4,6-7,12H,5,9-10H2,1H3. The van der Waals surface area contributed by atoms with Gasteiger partial charge in [0.25, 0.3) is 0 Å². The third-order valence-corrected chi connectivity index (χ3v) is 3.11. The van der Waals surface area contributed by atoms with Crippen molar-refractivity contribution in [1.29, 1.82) is 5.26 Å². The summed E-state index contributed by atoms with van der Waals surface area (Å²) in [5.41, 5.74) is 1.14. The lowest BCUT2D eigenvalue weighted by molar-refractivity contribution is 0.196. The quantitative estimate of drug-likeness (QED) is 0.796. The molecule has 1 fully saturated rings. The van der Waals surface area contributed by atoms with Crippen molar-refractivity contribution in [1.82, 2.24) is 9.80 Å². The first-order valence-electron chi connectivity index (χ1n) is 5.67. The van der Waals surface area contributed by atoms with Gasteiger partial charge in [-0.1, -0.05) is 30.3 Å². The van der Waals surface area contributed by atoms with Gasteiger partial charge in [-0.05, 0) is 5.56 Å². The molecular formula is C13H15N3O. The number of carbonyl (C=O) groups excluding carboxylic acids is 1. The Balaban J connectivity index is 2.12. The van der Waals surface area contributed by atoms with Crippen LogP contribution in [0, 0.1) is 11.3 Å². The Labute approximate surface area is 101 Å². The predicted molar refractivity (Wildman–Crippen MR) is 64.1 cm³/mol. The molecule has 17 heavy (non-hydrogen) atoms. The molecule has 0 bridgehead atoms. The van der Waals surface area contributed by atoms with Crippen LogP contribution < -0.4 is 0 Å². The van der Waals surface area contributed by atoms with Crippen molar-refractivity contribution in [3.63, 3.8) is 0 Å². The third-order valence-electron chi connectivity index (χ3n) is 3.11. The second-order valence-corrected chi connectivity index (χ2v) is 4.17. The summed E-state index contributed by atoms with van der Waals surface area (Å²) < 4.78 is 0. The van der Waals surface area contributed by atoms with Crippen LogP contribution in [-0.2, 0) is 0 Å². The van der Waals surface area contributed by atoms with Crippen molar-refractivity contribution < 1.29 is 4.79 Å². The van der Waals surface area contributed by atoms with Gasteiger partial charge in [-0.2, -0.15) is 5.26 Å². The number of rotatable bonds is 3. The number of likely N-dealkylation sites (N-methyl/N-ethyl adjacent to an activating group) is 1. The number of hydrogen-bond donors (Lipinski definition) is 0. The molecule has 1 aliphatic heterocycles. The summed E-state index contributed by atoms with van der Waals surface area (Å²) in [6.45, 7) is 1.18. The molecule has 1 saturated heterocycles. The highest BCUT2D eigenvalue weighted by atomic mass is 16.2. The van der Waals surface area contributed by atoms with Gasteiger partial charge in [-0.25, -0.2) is 4.79 Å². The molecule has 1 aromatic rings. The van der Waals surface area contributed by atoms with Crippen LogP contribution in [-0.4, -0.2) is 36.0 Å². The van der Waals surface area contributed by atoms with Gasteiger partial charge in [0.15, 0.2) is 0 Å². The molecule has 0 saturated carbocycles. The smallest absolute Gasteiger partial charge is 0.320 e. The molecule has 0 radical (unpaired) electrons. The number of urea groups is 1. The maximum absolute atomic E-state index is 11.9. The lowest BCUT2D eigenvalue weighted by Gasteiger charge is -2.17. The van der Waals surface area contributed by atoms with Crippen LogP contribution in [0.4, 0.5) is 4.79 Å². The molecule has 1 heterocycles. The molecule has 88 valence electrons. The van der Waals surface area contributed by atoms with Gasteiger partial charge in [0.2, 0.25) is 0 Å². The zero-order valence-corrected chi connectivity index (χ0v) is 9.84. The highest BCUT2D eigenvalue weighted by molar-refractivity contribution is 5.77. The molecule has 2 rings (SSSR count). The summed E-state index contributed by atoms with van der Waals surface area (Å²) in [6.07, 6.45) is 0.390. The van der Waals surface area contributed by atoms with E-state index in [1.807, 2.05) is 37.4 Å². The van der Waals surface area contributed by atoms with Gasteiger partial charge < -0.3 is 9.80 Å². The number of carbonyl (C=O) groups is 1. The second kappa shape index (κ2) is 4.88. The maximum atomic E-state index is 11.9. The minimum absolute atomic E-state index is 0.00843. The van der Waals surface area contributed by atoms with Crippen LogP contribution in [0.15, 0.2) is 30.3 Å². The first-order valence-corrected chi connectivity index (χ1v) is 5.67. The maximum Gasteiger partial charge on any atom is 0.320 e. The number of nitrogens with zero attached hydrogens (tertiary/aromatic N) is 3. The van der Waals surface area contributed by atoms with Crippen LogP contribution in [0.25, 0.3) is 0 Å².